The third-order valence-corrected chi connectivity index (χ3v) is 4.84. The Morgan fingerprint density at radius 1 is 1.43 bits per heavy atom. The number of aromatic amines is 1. The highest BCUT2D eigenvalue weighted by Crippen LogP contribution is 2.27. The second-order valence-corrected chi connectivity index (χ2v) is 6.33. The fourth-order valence-electron chi connectivity index (χ4n) is 2.07. The van der Waals surface area contributed by atoms with Gasteiger partial charge in [-0.15, -0.1) is 0 Å². The Balaban J connectivity index is 2.22. The SMILES string of the molecule is Cc1cc(F)c(N)c(C)c1S(=O)(=O)NCCc1ncn[nH]1. The molecular weight excluding hydrogens is 297 g/mol. The minimum absolute atomic E-state index is 0.0129. The highest BCUT2D eigenvalue weighted by atomic mass is 32.2. The molecule has 9 heteroatoms. The molecule has 1 aromatic heterocycles. The zero-order chi connectivity index (χ0) is 15.6. The molecule has 1 heterocycles. The van der Waals surface area contributed by atoms with E-state index in [0.717, 1.165) is 6.07 Å². The molecule has 0 aliphatic heterocycles. The maximum atomic E-state index is 13.5. The van der Waals surface area contributed by atoms with Crippen molar-refractivity contribution >= 4 is 15.7 Å². The van der Waals surface area contributed by atoms with Crippen LogP contribution < -0.4 is 10.5 Å². The lowest BCUT2D eigenvalue weighted by Gasteiger charge is -2.14. The van der Waals surface area contributed by atoms with E-state index in [2.05, 4.69) is 19.9 Å². The number of rotatable bonds is 5. The van der Waals surface area contributed by atoms with Gasteiger partial charge in [0.05, 0.1) is 10.6 Å². The molecule has 0 bridgehead atoms. The Morgan fingerprint density at radius 2 is 2.14 bits per heavy atom. The van der Waals surface area contributed by atoms with Gasteiger partial charge in [0.25, 0.3) is 0 Å². The van der Waals surface area contributed by atoms with Gasteiger partial charge in [0.15, 0.2) is 0 Å². The Bertz CT molecular complexity index is 744. The lowest BCUT2D eigenvalue weighted by Crippen LogP contribution is -2.28. The third kappa shape index (κ3) is 3.19. The number of nitrogens with two attached hydrogens (primary N) is 1. The molecule has 1 aromatic carbocycles. The van der Waals surface area contributed by atoms with Crippen molar-refractivity contribution < 1.29 is 12.8 Å². The van der Waals surface area contributed by atoms with Gasteiger partial charge in [-0.3, -0.25) is 5.10 Å². The van der Waals surface area contributed by atoms with Crippen molar-refractivity contribution in [2.75, 3.05) is 12.3 Å². The smallest absolute Gasteiger partial charge is 0.241 e. The molecule has 2 aromatic rings. The molecule has 114 valence electrons. The first-order chi connectivity index (χ1) is 9.83. The van der Waals surface area contributed by atoms with E-state index in [0.29, 0.717) is 17.8 Å². The number of nitrogens with zero attached hydrogens (tertiary/aromatic N) is 2. The highest BCUT2D eigenvalue weighted by molar-refractivity contribution is 7.89. The van der Waals surface area contributed by atoms with Crippen LogP contribution in [-0.2, 0) is 16.4 Å². The minimum atomic E-state index is -3.77. The van der Waals surface area contributed by atoms with E-state index in [1.54, 1.807) is 0 Å². The maximum absolute atomic E-state index is 13.5. The Kier molecular flexibility index (Phi) is 4.24. The molecule has 7 nitrogen and oxygen atoms in total. The number of hydrogen-bond donors (Lipinski definition) is 3. The zero-order valence-electron chi connectivity index (χ0n) is 11.6. The van der Waals surface area contributed by atoms with Gasteiger partial charge in [0.2, 0.25) is 10.0 Å². The molecular formula is C12H16FN5O2S. The van der Waals surface area contributed by atoms with Gasteiger partial charge >= 0.3 is 0 Å². The van der Waals surface area contributed by atoms with E-state index < -0.39 is 15.8 Å². The number of H-pyrrole nitrogens is 1. The van der Waals surface area contributed by atoms with E-state index in [1.807, 2.05) is 0 Å². The molecule has 21 heavy (non-hydrogen) atoms. The number of sulfonamides is 1. The summed E-state index contributed by atoms with van der Waals surface area (Å²) < 4.78 is 40.6. The third-order valence-electron chi connectivity index (χ3n) is 3.09. The number of aromatic nitrogens is 3. The molecule has 0 atom stereocenters. The summed E-state index contributed by atoms with van der Waals surface area (Å²) in [7, 11) is -3.77. The topological polar surface area (TPSA) is 114 Å². The number of anilines is 1. The quantitative estimate of drug-likeness (QED) is 0.702. The summed E-state index contributed by atoms with van der Waals surface area (Å²) in [4.78, 5) is 3.91. The van der Waals surface area contributed by atoms with E-state index in [-0.39, 0.29) is 22.7 Å². The van der Waals surface area contributed by atoms with Crippen LogP contribution >= 0.6 is 0 Å². The van der Waals surface area contributed by atoms with Crippen molar-refractivity contribution in [1.82, 2.24) is 19.9 Å². The second-order valence-electron chi connectivity index (χ2n) is 4.62. The van der Waals surface area contributed by atoms with Crippen LogP contribution in [0.3, 0.4) is 0 Å². The van der Waals surface area contributed by atoms with Crippen molar-refractivity contribution in [3.63, 3.8) is 0 Å². The van der Waals surface area contributed by atoms with Gasteiger partial charge in [-0.25, -0.2) is 22.5 Å². The van der Waals surface area contributed by atoms with Crippen molar-refractivity contribution in [1.29, 1.82) is 0 Å². The minimum Gasteiger partial charge on any atom is -0.396 e. The Labute approximate surface area is 121 Å². The van der Waals surface area contributed by atoms with Crippen LogP contribution in [0.15, 0.2) is 17.3 Å². The summed E-state index contributed by atoms with van der Waals surface area (Å²) in [6.45, 7) is 3.16. The van der Waals surface area contributed by atoms with Gasteiger partial charge in [0.1, 0.15) is 18.0 Å². The van der Waals surface area contributed by atoms with E-state index in [9.17, 15) is 12.8 Å². The summed E-state index contributed by atoms with van der Waals surface area (Å²) in [6, 6.07) is 1.12. The number of halogens is 1. The molecule has 0 fully saturated rings. The van der Waals surface area contributed by atoms with Crippen LogP contribution in [0.4, 0.5) is 10.1 Å². The average molecular weight is 313 g/mol. The van der Waals surface area contributed by atoms with Crippen molar-refractivity contribution in [2.24, 2.45) is 0 Å². The van der Waals surface area contributed by atoms with Crippen molar-refractivity contribution in [3.8, 4) is 0 Å². The molecule has 4 N–H and O–H groups in total. The summed E-state index contributed by atoms with van der Waals surface area (Å²) in [6.07, 6.45) is 1.72. The molecule has 0 amide bonds. The summed E-state index contributed by atoms with van der Waals surface area (Å²) in [5.74, 6) is -0.0460. The fraction of sp³-hybridized carbons (Fsp3) is 0.333. The molecule has 0 saturated carbocycles. The predicted octanol–water partition coefficient (Wildman–Crippen LogP) is 0.664. The van der Waals surface area contributed by atoms with Crippen molar-refractivity contribution in [2.45, 2.75) is 25.2 Å². The monoisotopic (exact) mass is 313 g/mol. The normalized spacial score (nSPS) is 11.8. The molecule has 0 aliphatic rings. The lowest BCUT2D eigenvalue weighted by molar-refractivity contribution is 0.578. The van der Waals surface area contributed by atoms with Gasteiger partial charge < -0.3 is 5.73 Å². The average Bonchev–Trinajstić information content (AvgIpc) is 2.88. The molecule has 0 radical (unpaired) electrons. The Morgan fingerprint density at radius 3 is 2.76 bits per heavy atom. The zero-order valence-corrected chi connectivity index (χ0v) is 12.5. The highest BCUT2D eigenvalue weighted by Gasteiger charge is 2.22. The van der Waals surface area contributed by atoms with Crippen LogP contribution in [-0.4, -0.2) is 30.1 Å². The summed E-state index contributed by atoms with van der Waals surface area (Å²) >= 11 is 0. The number of nitrogen functional groups attached to an aromatic ring is 1. The molecule has 0 saturated heterocycles. The van der Waals surface area contributed by atoms with Crippen LogP contribution in [0.2, 0.25) is 0 Å². The van der Waals surface area contributed by atoms with Crippen molar-refractivity contribution in [3.05, 3.63) is 35.2 Å². The van der Waals surface area contributed by atoms with Crippen LogP contribution in [0.5, 0.6) is 0 Å². The van der Waals surface area contributed by atoms with Gasteiger partial charge in [-0.05, 0) is 31.0 Å². The number of nitrogens with one attached hydrogen (secondary N) is 2. The second kappa shape index (κ2) is 5.78. The van der Waals surface area contributed by atoms with E-state index in [1.165, 1.54) is 20.2 Å². The van der Waals surface area contributed by atoms with Gasteiger partial charge in [-0.2, -0.15) is 5.10 Å². The largest absolute Gasteiger partial charge is 0.396 e. The molecule has 0 spiro atoms. The number of aryl methyl sites for hydroxylation is 1. The predicted molar refractivity (Wildman–Crippen MR) is 75.6 cm³/mol. The fourth-order valence-corrected chi connectivity index (χ4v) is 3.58. The molecule has 2 rings (SSSR count). The lowest BCUT2D eigenvalue weighted by atomic mass is 10.1. The first-order valence-electron chi connectivity index (χ1n) is 6.22. The van der Waals surface area contributed by atoms with Gasteiger partial charge in [-0.1, -0.05) is 0 Å². The molecule has 0 aliphatic carbocycles. The standard InChI is InChI=1S/C12H16FN5O2S/c1-7-5-9(13)11(14)8(2)12(7)21(19,20)17-4-3-10-15-6-16-18-10/h5-6,17H,3-4,14H2,1-2H3,(H,15,16,18). The van der Waals surface area contributed by atoms with E-state index in [4.69, 9.17) is 5.73 Å². The number of hydrogen-bond acceptors (Lipinski definition) is 5. The first-order valence-corrected chi connectivity index (χ1v) is 7.70. The summed E-state index contributed by atoms with van der Waals surface area (Å²) in [5, 5.41) is 6.31. The van der Waals surface area contributed by atoms with Crippen LogP contribution in [0.1, 0.15) is 17.0 Å². The van der Waals surface area contributed by atoms with Gasteiger partial charge in [0, 0.05) is 13.0 Å². The summed E-state index contributed by atoms with van der Waals surface area (Å²) in [5.41, 5.74) is 5.93. The first kappa shape index (κ1) is 15.4. The molecule has 0 unspecified atom stereocenters. The van der Waals surface area contributed by atoms with Crippen LogP contribution in [0.25, 0.3) is 0 Å². The van der Waals surface area contributed by atoms with E-state index >= 15 is 0 Å². The van der Waals surface area contributed by atoms with Crippen LogP contribution in [0, 0.1) is 19.7 Å². The number of benzene rings is 1. The maximum Gasteiger partial charge on any atom is 0.241 e. The Hall–Kier alpha value is -2.00.